The molecule has 2 rings (SSSR count). The Labute approximate surface area is 140 Å². The predicted molar refractivity (Wildman–Crippen MR) is 89.1 cm³/mol. The van der Waals surface area contributed by atoms with Gasteiger partial charge in [0.05, 0.1) is 17.2 Å². The summed E-state index contributed by atoms with van der Waals surface area (Å²) < 4.78 is 14.1. The molecule has 0 saturated heterocycles. The van der Waals surface area contributed by atoms with Crippen molar-refractivity contribution >= 4 is 38.9 Å². The van der Waals surface area contributed by atoms with Gasteiger partial charge in [-0.05, 0) is 34.1 Å². The van der Waals surface area contributed by atoms with Gasteiger partial charge >= 0.3 is 0 Å². The summed E-state index contributed by atoms with van der Waals surface area (Å²) in [7, 11) is 1.49. The molecule has 0 aliphatic carbocycles. The Hall–Kier alpha value is -2.48. The van der Waals surface area contributed by atoms with Gasteiger partial charge in [0.1, 0.15) is 11.5 Å². The Morgan fingerprint density at radius 2 is 2.04 bits per heavy atom. The number of nitro benzene ring substituents is 1. The fourth-order valence-corrected chi connectivity index (χ4v) is 2.39. The number of nitro groups is 1. The highest BCUT2D eigenvalue weighted by molar-refractivity contribution is 9.10. The maximum absolute atomic E-state index is 13.4. The molecular formula is C15H13BrFN3O3. The summed E-state index contributed by atoms with van der Waals surface area (Å²) in [5, 5.41) is 13.7. The van der Waals surface area contributed by atoms with Gasteiger partial charge in [-0.1, -0.05) is 12.1 Å². The van der Waals surface area contributed by atoms with Gasteiger partial charge in [0.2, 0.25) is 5.91 Å². The van der Waals surface area contributed by atoms with Crippen LogP contribution in [0.15, 0.2) is 46.9 Å². The van der Waals surface area contributed by atoms with Crippen LogP contribution in [0, 0.1) is 15.9 Å². The lowest BCUT2D eigenvalue weighted by Gasteiger charge is -2.19. The molecule has 23 heavy (non-hydrogen) atoms. The van der Waals surface area contributed by atoms with E-state index in [1.54, 1.807) is 18.2 Å². The number of carbonyl (C=O) groups excluding carboxylic acids is 1. The second-order valence-electron chi connectivity index (χ2n) is 4.77. The second kappa shape index (κ2) is 7.19. The molecule has 0 aliphatic heterocycles. The number of halogens is 2. The number of amides is 1. The summed E-state index contributed by atoms with van der Waals surface area (Å²) >= 11 is 3.31. The number of nitrogens with zero attached hydrogens (tertiary/aromatic N) is 2. The first-order valence-corrected chi connectivity index (χ1v) is 7.37. The van der Waals surface area contributed by atoms with Gasteiger partial charge in [-0.2, -0.15) is 0 Å². The largest absolute Gasteiger partial charge is 0.360 e. The van der Waals surface area contributed by atoms with Crippen molar-refractivity contribution in [2.24, 2.45) is 0 Å². The minimum Gasteiger partial charge on any atom is -0.360 e. The first-order chi connectivity index (χ1) is 10.9. The molecule has 2 aromatic rings. The molecule has 1 N–H and O–H groups in total. The first-order valence-electron chi connectivity index (χ1n) is 6.58. The van der Waals surface area contributed by atoms with E-state index in [1.807, 2.05) is 6.07 Å². The molecular weight excluding hydrogens is 369 g/mol. The molecule has 0 aliphatic rings. The topological polar surface area (TPSA) is 75.5 Å². The van der Waals surface area contributed by atoms with Crippen molar-refractivity contribution in [1.82, 2.24) is 0 Å². The molecule has 0 spiro atoms. The van der Waals surface area contributed by atoms with Gasteiger partial charge in [0.15, 0.2) is 0 Å². The number of rotatable bonds is 5. The van der Waals surface area contributed by atoms with Gasteiger partial charge < -0.3 is 10.2 Å². The minimum atomic E-state index is -0.614. The summed E-state index contributed by atoms with van der Waals surface area (Å²) in [6, 6.07) is 10.2. The van der Waals surface area contributed by atoms with Crippen LogP contribution in [0.25, 0.3) is 0 Å². The Balaban J connectivity index is 2.14. The van der Waals surface area contributed by atoms with Crippen LogP contribution in [0.1, 0.15) is 0 Å². The first kappa shape index (κ1) is 16.9. The molecule has 0 unspecified atom stereocenters. The summed E-state index contributed by atoms with van der Waals surface area (Å²) in [5.41, 5.74) is 0.361. The third kappa shape index (κ3) is 4.26. The SMILES string of the molecule is CN(CC(=O)Nc1ccccc1Br)c1cc(F)ccc1[N+](=O)[O-]. The summed E-state index contributed by atoms with van der Waals surface area (Å²) in [6.07, 6.45) is 0. The number of likely N-dealkylation sites (N-methyl/N-ethyl adjacent to an activating group) is 1. The zero-order chi connectivity index (χ0) is 17.0. The smallest absolute Gasteiger partial charge is 0.292 e. The molecule has 0 radical (unpaired) electrons. The molecule has 0 aromatic heterocycles. The van der Waals surface area contributed by atoms with Crippen molar-refractivity contribution < 1.29 is 14.1 Å². The van der Waals surface area contributed by atoms with Gasteiger partial charge in [0.25, 0.3) is 5.69 Å². The van der Waals surface area contributed by atoms with Crippen molar-refractivity contribution in [3.8, 4) is 0 Å². The number of hydrogen-bond acceptors (Lipinski definition) is 4. The standard InChI is InChI=1S/C15H13BrFN3O3/c1-19(14-8-10(17)6-7-13(14)20(22)23)9-15(21)18-12-5-3-2-4-11(12)16/h2-8H,9H2,1H3,(H,18,21). The number of carbonyl (C=O) groups is 1. The Kier molecular flexibility index (Phi) is 5.28. The second-order valence-corrected chi connectivity index (χ2v) is 5.63. The minimum absolute atomic E-state index is 0.0391. The van der Waals surface area contributed by atoms with Crippen molar-refractivity contribution in [2.45, 2.75) is 0 Å². The molecule has 1 amide bonds. The van der Waals surface area contributed by atoms with Crippen molar-refractivity contribution in [3.05, 3.63) is 62.9 Å². The lowest BCUT2D eigenvalue weighted by Crippen LogP contribution is -2.30. The molecule has 0 fully saturated rings. The van der Waals surface area contributed by atoms with Crippen LogP contribution in [0.4, 0.5) is 21.5 Å². The lowest BCUT2D eigenvalue weighted by atomic mass is 10.2. The van der Waals surface area contributed by atoms with E-state index in [0.29, 0.717) is 10.2 Å². The molecule has 0 bridgehead atoms. The molecule has 0 heterocycles. The van der Waals surface area contributed by atoms with Crippen molar-refractivity contribution in [2.75, 3.05) is 23.8 Å². The molecule has 8 heteroatoms. The fourth-order valence-electron chi connectivity index (χ4n) is 2.01. The van der Waals surface area contributed by atoms with E-state index in [1.165, 1.54) is 11.9 Å². The maximum Gasteiger partial charge on any atom is 0.292 e. The Morgan fingerprint density at radius 3 is 2.70 bits per heavy atom. The number of anilines is 2. The average molecular weight is 382 g/mol. The summed E-state index contributed by atoms with van der Waals surface area (Å²) in [6.45, 7) is -0.161. The van der Waals surface area contributed by atoms with E-state index in [4.69, 9.17) is 0 Å². The zero-order valence-corrected chi connectivity index (χ0v) is 13.7. The molecule has 2 aromatic carbocycles. The molecule has 0 saturated carbocycles. The third-order valence-electron chi connectivity index (χ3n) is 3.07. The number of nitrogens with one attached hydrogen (secondary N) is 1. The van der Waals surface area contributed by atoms with Crippen LogP contribution in [0.2, 0.25) is 0 Å². The quantitative estimate of drug-likeness (QED) is 0.634. The highest BCUT2D eigenvalue weighted by Crippen LogP contribution is 2.28. The van der Waals surface area contributed by atoms with E-state index in [9.17, 15) is 19.3 Å². The van der Waals surface area contributed by atoms with Crippen LogP contribution < -0.4 is 10.2 Å². The van der Waals surface area contributed by atoms with Gasteiger partial charge in [0, 0.05) is 23.7 Å². The summed E-state index contributed by atoms with van der Waals surface area (Å²) in [4.78, 5) is 23.8. The van der Waals surface area contributed by atoms with Gasteiger partial charge in [-0.25, -0.2) is 4.39 Å². The lowest BCUT2D eigenvalue weighted by molar-refractivity contribution is -0.384. The number of benzene rings is 2. The van der Waals surface area contributed by atoms with E-state index in [-0.39, 0.29) is 23.8 Å². The maximum atomic E-state index is 13.4. The highest BCUT2D eigenvalue weighted by Gasteiger charge is 2.19. The van der Waals surface area contributed by atoms with E-state index in [2.05, 4.69) is 21.2 Å². The van der Waals surface area contributed by atoms with Gasteiger partial charge in [-0.3, -0.25) is 14.9 Å². The number of para-hydroxylation sites is 1. The van der Waals surface area contributed by atoms with Crippen LogP contribution in [0.3, 0.4) is 0 Å². The van der Waals surface area contributed by atoms with Gasteiger partial charge in [-0.15, -0.1) is 0 Å². The van der Waals surface area contributed by atoms with Crippen LogP contribution in [0.5, 0.6) is 0 Å². The third-order valence-corrected chi connectivity index (χ3v) is 3.77. The van der Waals surface area contributed by atoms with Crippen molar-refractivity contribution in [1.29, 1.82) is 0 Å². The van der Waals surface area contributed by atoms with Crippen LogP contribution in [-0.2, 0) is 4.79 Å². The monoisotopic (exact) mass is 381 g/mol. The normalized spacial score (nSPS) is 10.2. The Bertz CT molecular complexity index is 754. The molecule has 0 atom stereocenters. The number of hydrogen-bond donors (Lipinski definition) is 1. The zero-order valence-electron chi connectivity index (χ0n) is 12.1. The molecule has 120 valence electrons. The van der Waals surface area contributed by atoms with E-state index >= 15 is 0 Å². The van der Waals surface area contributed by atoms with Crippen LogP contribution >= 0.6 is 15.9 Å². The highest BCUT2D eigenvalue weighted by atomic mass is 79.9. The molecule has 6 nitrogen and oxygen atoms in total. The van der Waals surface area contributed by atoms with E-state index < -0.39 is 10.7 Å². The average Bonchev–Trinajstić information content (AvgIpc) is 2.49. The Morgan fingerprint density at radius 1 is 1.35 bits per heavy atom. The van der Waals surface area contributed by atoms with Crippen molar-refractivity contribution in [3.63, 3.8) is 0 Å². The van der Waals surface area contributed by atoms with E-state index in [0.717, 1.165) is 18.2 Å². The predicted octanol–water partition coefficient (Wildman–Crippen LogP) is 3.57. The summed E-state index contributed by atoms with van der Waals surface area (Å²) in [5.74, 6) is -0.985. The van der Waals surface area contributed by atoms with Crippen LogP contribution in [-0.4, -0.2) is 24.4 Å². The fraction of sp³-hybridized carbons (Fsp3) is 0.133.